The molecule has 7 heteroatoms. The SMILES string of the molecule is COc1ccc(C=CC(=O)Nc2ccc(C(=O)c3nccn3C)cc2)cc1OC. The molecule has 3 rings (SSSR count). The minimum absolute atomic E-state index is 0.177. The molecule has 0 spiro atoms. The molecule has 1 aromatic heterocycles. The van der Waals surface area contributed by atoms with Crippen LogP contribution in [0.15, 0.2) is 60.9 Å². The summed E-state index contributed by atoms with van der Waals surface area (Å²) in [6.07, 6.45) is 6.39. The first-order valence-corrected chi connectivity index (χ1v) is 8.85. The number of ether oxygens (including phenoxy) is 2. The zero-order chi connectivity index (χ0) is 20.8. The van der Waals surface area contributed by atoms with E-state index in [4.69, 9.17) is 9.47 Å². The Morgan fingerprint density at radius 1 is 1.03 bits per heavy atom. The number of anilines is 1. The molecule has 0 radical (unpaired) electrons. The van der Waals surface area contributed by atoms with Crippen molar-refractivity contribution in [1.29, 1.82) is 0 Å². The molecule has 0 aliphatic heterocycles. The molecule has 0 bridgehead atoms. The molecule has 3 aromatic rings. The van der Waals surface area contributed by atoms with Crippen molar-refractivity contribution in [2.75, 3.05) is 19.5 Å². The van der Waals surface area contributed by atoms with Gasteiger partial charge in [-0.05, 0) is 48.0 Å². The van der Waals surface area contributed by atoms with Crippen molar-refractivity contribution in [3.8, 4) is 11.5 Å². The molecule has 7 nitrogen and oxygen atoms in total. The number of hydrogen-bond donors (Lipinski definition) is 1. The lowest BCUT2D eigenvalue weighted by molar-refractivity contribution is -0.111. The Balaban J connectivity index is 1.64. The van der Waals surface area contributed by atoms with Gasteiger partial charge >= 0.3 is 0 Å². The number of imidazole rings is 1. The highest BCUT2D eigenvalue weighted by Gasteiger charge is 2.13. The van der Waals surface area contributed by atoms with E-state index in [0.717, 1.165) is 5.56 Å². The molecule has 0 atom stereocenters. The number of benzene rings is 2. The Labute approximate surface area is 168 Å². The van der Waals surface area contributed by atoms with Gasteiger partial charge in [0, 0.05) is 36.8 Å². The Morgan fingerprint density at radius 3 is 2.38 bits per heavy atom. The fourth-order valence-electron chi connectivity index (χ4n) is 2.73. The van der Waals surface area contributed by atoms with Crippen LogP contribution in [0.1, 0.15) is 21.7 Å². The summed E-state index contributed by atoms with van der Waals surface area (Å²) in [5.41, 5.74) is 1.88. The van der Waals surface area contributed by atoms with E-state index in [2.05, 4.69) is 10.3 Å². The van der Waals surface area contributed by atoms with E-state index in [0.29, 0.717) is 28.6 Å². The number of hydrogen-bond acceptors (Lipinski definition) is 5. The van der Waals surface area contributed by atoms with Crippen molar-refractivity contribution in [1.82, 2.24) is 9.55 Å². The van der Waals surface area contributed by atoms with Crippen LogP contribution in [0.25, 0.3) is 6.08 Å². The number of rotatable bonds is 7. The molecule has 1 amide bonds. The van der Waals surface area contributed by atoms with Gasteiger partial charge in [0.15, 0.2) is 17.3 Å². The summed E-state index contributed by atoms with van der Waals surface area (Å²) in [6.45, 7) is 0. The highest BCUT2D eigenvalue weighted by atomic mass is 16.5. The molecule has 0 saturated carbocycles. The summed E-state index contributed by atoms with van der Waals surface area (Å²) >= 11 is 0. The van der Waals surface area contributed by atoms with Crippen LogP contribution in [0, 0.1) is 0 Å². The molecule has 1 N–H and O–H groups in total. The number of amides is 1. The predicted octanol–water partition coefficient (Wildman–Crippen LogP) is 3.32. The van der Waals surface area contributed by atoms with Crippen molar-refractivity contribution < 1.29 is 19.1 Å². The van der Waals surface area contributed by atoms with E-state index in [-0.39, 0.29) is 11.7 Å². The van der Waals surface area contributed by atoms with Crippen LogP contribution in [-0.4, -0.2) is 35.5 Å². The van der Waals surface area contributed by atoms with Crippen LogP contribution in [0.3, 0.4) is 0 Å². The van der Waals surface area contributed by atoms with Gasteiger partial charge in [-0.15, -0.1) is 0 Å². The number of nitrogens with zero attached hydrogens (tertiary/aromatic N) is 2. The smallest absolute Gasteiger partial charge is 0.248 e. The van der Waals surface area contributed by atoms with Gasteiger partial charge in [0.05, 0.1) is 14.2 Å². The minimum Gasteiger partial charge on any atom is -0.493 e. The first-order chi connectivity index (χ1) is 14.0. The van der Waals surface area contributed by atoms with E-state index in [9.17, 15) is 9.59 Å². The normalized spacial score (nSPS) is 10.7. The summed E-state index contributed by atoms with van der Waals surface area (Å²) in [5, 5.41) is 2.76. The van der Waals surface area contributed by atoms with Gasteiger partial charge in [0.1, 0.15) is 0 Å². The van der Waals surface area contributed by atoms with Gasteiger partial charge in [-0.2, -0.15) is 0 Å². The highest BCUT2D eigenvalue weighted by molar-refractivity contribution is 6.07. The summed E-state index contributed by atoms with van der Waals surface area (Å²) in [4.78, 5) is 28.7. The number of nitrogens with one attached hydrogen (secondary N) is 1. The Bertz CT molecular complexity index is 1050. The standard InChI is InChI=1S/C22H21N3O4/c1-25-13-12-23-22(25)21(27)16-6-8-17(9-7-16)24-20(26)11-5-15-4-10-18(28-2)19(14-15)29-3/h4-14H,1-3H3,(H,24,26). The highest BCUT2D eigenvalue weighted by Crippen LogP contribution is 2.28. The second-order valence-corrected chi connectivity index (χ2v) is 6.21. The third-order valence-corrected chi connectivity index (χ3v) is 4.27. The lowest BCUT2D eigenvalue weighted by Gasteiger charge is -2.07. The summed E-state index contributed by atoms with van der Waals surface area (Å²) in [5.74, 6) is 1.10. The van der Waals surface area contributed by atoms with Gasteiger partial charge in [0.2, 0.25) is 11.7 Å². The quantitative estimate of drug-likeness (QED) is 0.494. The van der Waals surface area contributed by atoms with E-state index in [1.54, 1.807) is 80.7 Å². The van der Waals surface area contributed by atoms with Crippen molar-refractivity contribution in [2.45, 2.75) is 0 Å². The van der Waals surface area contributed by atoms with Crippen LogP contribution < -0.4 is 14.8 Å². The van der Waals surface area contributed by atoms with Crippen molar-refractivity contribution in [2.24, 2.45) is 7.05 Å². The first-order valence-electron chi connectivity index (χ1n) is 8.85. The molecule has 1 heterocycles. The number of methoxy groups -OCH3 is 2. The van der Waals surface area contributed by atoms with Gasteiger partial charge in [-0.1, -0.05) is 6.07 Å². The van der Waals surface area contributed by atoms with Gasteiger partial charge < -0.3 is 19.4 Å². The first kappa shape index (κ1) is 19.9. The summed E-state index contributed by atoms with van der Waals surface area (Å²) < 4.78 is 12.1. The fourth-order valence-corrected chi connectivity index (χ4v) is 2.73. The third kappa shape index (κ3) is 4.70. The number of carbonyl (C=O) groups excluding carboxylic acids is 2. The van der Waals surface area contributed by atoms with Crippen molar-refractivity contribution in [3.63, 3.8) is 0 Å². The second-order valence-electron chi connectivity index (χ2n) is 6.21. The monoisotopic (exact) mass is 391 g/mol. The molecule has 0 fully saturated rings. The minimum atomic E-state index is -0.289. The predicted molar refractivity (Wildman–Crippen MR) is 110 cm³/mol. The molecule has 29 heavy (non-hydrogen) atoms. The molecule has 0 unspecified atom stereocenters. The molecule has 0 aliphatic carbocycles. The molecule has 0 saturated heterocycles. The van der Waals surface area contributed by atoms with Crippen LogP contribution in [0.2, 0.25) is 0 Å². The fraction of sp³-hybridized carbons (Fsp3) is 0.136. The molecular weight excluding hydrogens is 370 g/mol. The largest absolute Gasteiger partial charge is 0.493 e. The van der Waals surface area contributed by atoms with Gasteiger partial charge in [0.25, 0.3) is 0 Å². The molecule has 148 valence electrons. The van der Waals surface area contributed by atoms with Crippen molar-refractivity contribution >= 4 is 23.5 Å². The number of aryl methyl sites for hydroxylation is 1. The summed E-state index contributed by atoms with van der Waals surface area (Å²) in [7, 11) is 4.88. The molecule has 0 aliphatic rings. The summed E-state index contributed by atoms with van der Waals surface area (Å²) in [6, 6.07) is 12.0. The topological polar surface area (TPSA) is 82.5 Å². The van der Waals surface area contributed by atoms with Crippen LogP contribution in [0.5, 0.6) is 11.5 Å². The maximum Gasteiger partial charge on any atom is 0.248 e. The van der Waals surface area contributed by atoms with Crippen LogP contribution in [0.4, 0.5) is 5.69 Å². The lowest BCUT2D eigenvalue weighted by atomic mass is 10.1. The second kappa shape index (κ2) is 8.88. The number of carbonyl (C=O) groups is 2. The molecule has 2 aromatic carbocycles. The third-order valence-electron chi connectivity index (χ3n) is 4.27. The van der Waals surface area contributed by atoms with Crippen LogP contribution >= 0.6 is 0 Å². The van der Waals surface area contributed by atoms with E-state index in [1.807, 2.05) is 6.07 Å². The average Bonchev–Trinajstić information content (AvgIpc) is 3.17. The lowest BCUT2D eigenvalue weighted by Crippen LogP contribution is -2.10. The zero-order valence-electron chi connectivity index (χ0n) is 16.4. The van der Waals surface area contributed by atoms with Crippen molar-refractivity contribution in [3.05, 3.63) is 77.9 Å². The maximum absolute atomic E-state index is 12.4. The van der Waals surface area contributed by atoms with Gasteiger partial charge in [-0.25, -0.2) is 4.98 Å². The molecular formula is C22H21N3O4. The van der Waals surface area contributed by atoms with Gasteiger partial charge in [-0.3, -0.25) is 9.59 Å². The zero-order valence-corrected chi connectivity index (χ0v) is 16.4. The van der Waals surface area contributed by atoms with E-state index in [1.165, 1.54) is 6.08 Å². The van der Waals surface area contributed by atoms with E-state index >= 15 is 0 Å². The Hall–Kier alpha value is -3.87. The average molecular weight is 391 g/mol. The van der Waals surface area contributed by atoms with E-state index < -0.39 is 0 Å². The maximum atomic E-state index is 12.4. The Kier molecular flexibility index (Phi) is 6.09. The number of ketones is 1. The number of aromatic nitrogens is 2. The Morgan fingerprint density at radius 2 is 1.76 bits per heavy atom. The van der Waals surface area contributed by atoms with Crippen LogP contribution in [-0.2, 0) is 11.8 Å².